The molecule has 0 aliphatic carbocycles. The highest BCUT2D eigenvalue weighted by Gasteiger charge is 2.20. The van der Waals surface area contributed by atoms with Crippen LogP contribution in [-0.4, -0.2) is 24.9 Å². The number of fused-ring (bicyclic) bond motifs is 1. The summed E-state index contributed by atoms with van der Waals surface area (Å²) in [6, 6.07) is 12.9. The fourth-order valence-corrected chi connectivity index (χ4v) is 3.14. The summed E-state index contributed by atoms with van der Waals surface area (Å²) >= 11 is 0. The van der Waals surface area contributed by atoms with E-state index in [2.05, 4.69) is 15.5 Å². The molecule has 0 bridgehead atoms. The Morgan fingerprint density at radius 1 is 1.12 bits per heavy atom. The molecule has 2 aromatic carbocycles. The molecule has 0 fully saturated rings. The van der Waals surface area contributed by atoms with Gasteiger partial charge in [0.15, 0.2) is 0 Å². The normalized spacial score (nSPS) is 12.6. The highest BCUT2D eigenvalue weighted by atomic mass is 35.5. The lowest BCUT2D eigenvalue weighted by molar-refractivity contribution is -0.115. The maximum absolute atomic E-state index is 12.4. The topological polar surface area (TPSA) is 87.5 Å². The van der Waals surface area contributed by atoms with Crippen molar-refractivity contribution in [2.75, 3.05) is 34.4 Å². The number of nitrogens with two attached hydrogens (primary N) is 1. The fraction of sp³-hybridized carbons (Fsp3) is 0.263. The molecule has 3 rings (SSSR count). The number of amides is 2. The molecule has 26 heavy (non-hydrogen) atoms. The molecule has 0 saturated heterocycles. The molecule has 0 atom stereocenters. The predicted octanol–water partition coefficient (Wildman–Crippen LogP) is 3.04. The van der Waals surface area contributed by atoms with Crippen LogP contribution in [0, 0.1) is 0 Å². The lowest BCUT2D eigenvalue weighted by Crippen LogP contribution is -2.37. The van der Waals surface area contributed by atoms with Crippen LogP contribution in [0.25, 0.3) is 0 Å². The van der Waals surface area contributed by atoms with Crippen molar-refractivity contribution in [1.29, 1.82) is 0 Å². The second-order valence-electron chi connectivity index (χ2n) is 6.18. The van der Waals surface area contributed by atoms with Crippen molar-refractivity contribution >= 4 is 47.0 Å². The minimum absolute atomic E-state index is 0. The van der Waals surface area contributed by atoms with Gasteiger partial charge in [-0.25, -0.2) is 0 Å². The second kappa shape index (κ2) is 8.58. The molecule has 2 aromatic rings. The van der Waals surface area contributed by atoms with Crippen LogP contribution in [0.5, 0.6) is 0 Å². The Kier molecular flexibility index (Phi) is 6.46. The van der Waals surface area contributed by atoms with E-state index >= 15 is 0 Å². The van der Waals surface area contributed by atoms with Crippen LogP contribution in [0.3, 0.4) is 0 Å². The molecule has 1 aliphatic rings. The first-order chi connectivity index (χ1) is 12.0. The smallest absolute Gasteiger partial charge is 0.243 e. The molecule has 1 heterocycles. The van der Waals surface area contributed by atoms with Crippen LogP contribution < -0.4 is 21.3 Å². The van der Waals surface area contributed by atoms with Crippen molar-refractivity contribution in [3.63, 3.8) is 0 Å². The molecule has 6 nitrogen and oxygen atoms in total. The van der Waals surface area contributed by atoms with Gasteiger partial charge in [-0.15, -0.1) is 12.4 Å². The van der Waals surface area contributed by atoms with E-state index in [0.29, 0.717) is 11.4 Å². The third kappa shape index (κ3) is 4.67. The first-order valence-electron chi connectivity index (χ1n) is 8.33. The van der Waals surface area contributed by atoms with Gasteiger partial charge in [0.05, 0.1) is 6.54 Å². The SMILES string of the molecule is CC(=O)Nc1cccc(NC(=O)CN2CCCc3c(N)cccc32)c1.Cl. The summed E-state index contributed by atoms with van der Waals surface area (Å²) in [5.74, 6) is -0.249. The zero-order valence-electron chi connectivity index (χ0n) is 14.6. The molecule has 2 amide bonds. The van der Waals surface area contributed by atoms with Crippen molar-refractivity contribution in [2.24, 2.45) is 0 Å². The van der Waals surface area contributed by atoms with Crippen LogP contribution in [0.1, 0.15) is 18.9 Å². The number of carbonyl (C=O) groups is 2. The summed E-state index contributed by atoms with van der Waals surface area (Å²) in [6.45, 7) is 2.54. The Balaban J connectivity index is 0.00000243. The molecule has 0 aromatic heterocycles. The first-order valence-corrected chi connectivity index (χ1v) is 8.33. The highest BCUT2D eigenvalue weighted by Crippen LogP contribution is 2.31. The first kappa shape index (κ1) is 19.6. The Labute approximate surface area is 159 Å². The molecule has 4 N–H and O–H groups in total. The van der Waals surface area contributed by atoms with Gasteiger partial charge in [-0.2, -0.15) is 0 Å². The number of halogens is 1. The largest absolute Gasteiger partial charge is 0.398 e. The Hall–Kier alpha value is -2.73. The zero-order valence-corrected chi connectivity index (χ0v) is 15.4. The lowest BCUT2D eigenvalue weighted by Gasteiger charge is -2.31. The molecule has 7 heteroatoms. The van der Waals surface area contributed by atoms with E-state index in [4.69, 9.17) is 5.73 Å². The highest BCUT2D eigenvalue weighted by molar-refractivity contribution is 5.96. The summed E-state index contributed by atoms with van der Waals surface area (Å²) in [7, 11) is 0. The van der Waals surface area contributed by atoms with Crippen molar-refractivity contribution < 1.29 is 9.59 Å². The van der Waals surface area contributed by atoms with E-state index < -0.39 is 0 Å². The number of rotatable bonds is 4. The van der Waals surface area contributed by atoms with E-state index in [-0.39, 0.29) is 30.8 Å². The third-order valence-electron chi connectivity index (χ3n) is 4.18. The Morgan fingerprint density at radius 2 is 1.81 bits per heavy atom. The minimum atomic E-state index is -0.147. The van der Waals surface area contributed by atoms with Gasteiger partial charge in [-0.05, 0) is 48.7 Å². The number of nitrogen functional groups attached to an aromatic ring is 1. The average Bonchev–Trinajstić information content (AvgIpc) is 2.55. The van der Waals surface area contributed by atoms with Crippen LogP contribution in [0.2, 0.25) is 0 Å². The summed E-state index contributed by atoms with van der Waals surface area (Å²) < 4.78 is 0. The number of nitrogens with zero attached hydrogens (tertiary/aromatic N) is 1. The van der Waals surface area contributed by atoms with Crippen molar-refractivity contribution in [2.45, 2.75) is 19.8 Å². The van der Waals surface area contributed by atoms with Crippen LogP contribution in [-0.2, 0) is 16.0 Å². The van der Waals surface area contributed by atoms with Crippen molar-refractivity contribution in [3.8, 4) is 0 Å². The van der Waals surface area contributed by atoms with Gasteiger partial charge >= 0.3 is 0 Å². The van der Waals surface area contributed by atoms with Crippen LogP contribution in [0.15, 0.2) is 42.5 Å². The van der Waals surface area contributed by atoms with E-state index in [1.54, 1.807) is 24.3 Å². The van der Waals surface area contributed by atoms with Crippen molar-refractivity contribution in [3.05, 3.63) is 48.0 Å². The van der Waals surface area contributed by atoms with Crippen molar-refractivity contribution in [1.82, 2.24) is 0 Å². The van der Waals surface area contributed by atoms with Gasteiger partial charge in [0.2, 0.25) is 11.8 Å². The van der Waals surface area contributed by atoms with Gasteiger partial charge in [-0.3, -0.25) is 9.59 Å². The maximum Gasteiger partial charge on any atom is 0.243 e. The van der Waals surface area contributed by atoms with Crippen LogP contribution >= 0.6 is 12.4 Å². The summed E-state index contributed by atoms with van der Waals surface area (Å²) in [5.41, 5.74) is 10.3. The Bertz CT molecular complexity index is 810. The minimum Gasteiger partial charge on any atom is -0.398 e. The number of nitrogens with one attached hydrogen (secondary N) is 2. The number of hydrogen-bond acceptors (Lipinski definition) is 4. The van der Waals surface area contributed by atoms with E-state index in [0.717, 1.165) is 36.3 Å². The van der Waals surface area contributed by atoms with Gasteiger partial charge < -0.3 is 21.3 Å². The number of anilines is 4. The molecular weight excluding hydrogens is 352 g/mol. The number of benzene rings is 2. The van der Waals surface area contributed by atoms with E-state index in [1.165, 1.54) is 6.92 Å². The molecule has 1 aliphatic heterocycles. The van der Waals surface area contributed by atoms with E-state index in [1.807, 2.05) is 18.2 Å². The monoisotopic (exact) mass is 374 g/mol. The molecule has 0 spiro atoms. The molecular formula is C19H23ClN4O2. The van der Waals surface area contributed by atoms with Gasteiger partial charge in [0, 0.05) is 36.2 Å². The number of carbonyl (C=O) groups excluding carboxylic acids is 2. The van der Waals surface area contributed by atoms with E-state index in [9.17, 15) is 9.59 Å². The molecule has 0 radical (unpaired) electrons. The second-order valence-corrected chi connectivity index (χ2v) is 6.18. The molecule has 138 valence electrons. The zero-order chi connectivity index (χ0) is 17.8. The summed E-state index contributed by atoms with van der Waals surface area (Å²) in [4.78, 5) is 25.6. The van der Waals surface area contributed by atoms with Crippen LogP contribution in [0.4, 0.5) is 22.7 Å². The maximum atomic E-state index is 12.4. The van der Waals surface area contributed by atoms with Gasteiger partial charge in [-0.1, -0.05) is 12.1 Å². The fourth-order valence-electron chi connectivity index (χ4n) is 3.14. The number of hydrogen-bond donors (Lipinski definition) is 3. The lowest BCUT2D eigenvalue weighted by atomic mass is 10.00. The van der Waals surface area contributed by atoms with Gasteiger partial charge in [0.1, 0.15) is 0 Å². The quantitative estimate of drug-likeness (QED) is 0.718. The summed E-state index contributed by atoms with van der Waals surface area (Å²) in [6.07, 6.45) is 1.92. The average molecular weight is 375 g/mol. The standard InChI is InChI=1S/C19H22N4O2.ClH/c1-13(24)21-14-5-2-6-15(11-14)22-19(25)12-23-10-4-7-16-17(20)8-3-9-18(16)23;/h2-3,5-6,8-9,11H,4,7,10,12,20H2,1H3,(H,21,24)(H,22,25);1H. The molecule has 0 saturated carbocycles. The molecule has 0 unspecified atom stereocenters. The third-order valence-corrected chi connectivity index (χ3v) is 4.18. The Morgan fingerprint density at radius 3 is 2.54 bits per heavy atom. The summed E-state index contributed by atoms with van der Waals surface area (Å²) in [5, 5.41) is 5.59. The predicted molar refractivity (Wildman–Crippen MR) is 108 cm³/mol. The van der Waals surface area contributed by atoms with Gasteiger partial charge in [0.25, 0.3) is 0 Å².